The molecule has 40 heavy (non-hydrogen) atoms. The predicted octanol–water partition coefficient (Wildman–Crippen LogP) is 9.94. The molecule has 0 spiro atoms. The summed E-state index contributed by atoms with van der Waals surface area (Å²) in [5.74, 6) is 0.362. The minimum absolute atomic E-state index is 0.362. The van der Waals surface area contributed by atoms with E-state index < -0.39 is 0 Å². The number of benzene rings is 5. The minimum atomic E-state index is 0.362. The molecular formula is C37H31N3. The number of nitrogens with zero attached hydrogens (tertiary/aromatic N) is 2. The maximum Gasteiger partial charge on any atom is 0.0518 e. The summed E-state index contributed by atoms with van der Waals surface area (Å²) in [6.45, 7) is 0. The van der Waals surface area contributed by atoms with Gasteiger partial charge in [-0.3, -0.25) is 0 Å². The molecule has 194 valence electrons. The van der Waals surface area contributed by atoms with Gasteiger partial charge in [0, 0.05) is 52.7 Å². The van der Waals surface area contributed by atoms with E-state index in [1.54, 1.807) is 0 Å². The number of hydrogen-bond acceptors (Lipinski definition) is 3. The average molecular weight is 518 g/mol. The van der Waals surface area contributed by atoms with Crippen LogP contribution < -0.4 is 15.1 Å². The Morgan fingerprint density at radius 3 is 2.05 bits per heavy atom. The van der Waals surface area contributed by atoms with E-state index >= 15 is 0 Å². The largest absolute Gasteiger partial charge is 0.388 e. The summed E-state index contributed by atoms with van der Waals surface area (Å²) in [6, 6.07) is 45.5. The predicted molar refractivity (Wildman–Crippen MR) is 169 cm³/mol. The highest BCUT2D eigenvalue weighted by Crippen LogP contribution is 2.53. The van der Waals surface area contributed by atoms with Gasteiger partial charge in [-0.15, -0.1) is 0 Å². The van der Waals surface area contributed by atoms with Crippen molar-refractivity contribution in [2.75, 3.05) is 22.2 Å². The number of rotatable bonds is 6. The van der Waals surface area contributed by atoms with Crippen molar-refractivity contribution < 1.29 is 0 Å². The van der Waals surface area contributed by atoms with Gasteiger partial charge in [-0.25, -0.2) is 0 Å². The van der Waals surface area contributed by atoms with E-state index in [2.05, 4.69) is 161 Å². The molecule has 1 heterocycles. The van der Waals surface area contributed by atoms with E-state index in [-0.39, 0.29) is 0 Å². The van der Waals surface area contributed by atoms with Gasteiger partial charge in [0.1, 0.15) is 0 Å². The molecule has 0 saturated heterocycles. The summed E-state index contributed by atoms with van der Waals surface area (Å²) >= 11 is 0. The van der Waals surface area contributed by atoms with Crippen LogP contribution in [0.3, 0.4) is 0 Å². The third kappa shape index (κ3) is 4.17. The topological polar surface area (TPSA) is 18.5 Å². The summed E-state index contributed by atoms with van der Waals surface area (Å²) in [7, 11) is 2.02. The molecule has 2 aliphatic rings. The van der Waals surface area contributed by atoms with Gasteiger partial charge in [-0.1, -0.05) is 78.9 Å². The molecule has 7 rings (SSSR count). The van der Waals surface area contributed by atoms with E-state index in [1.807, 2.05) is 7.05 Å². The lowest BCUT2D eigenvalue weighted by Gasteiger charge is -2.26. The molecule has 1 atom stereocenters. The van der Waals surface area contributed by atoms with E-state index in [9.17, 15) is 0 Å². The molecule has 3 nitrogen and oxygen atoms in total. The van der Waals surface area contributed by atoms with Gasteiger partial charge in [0.2, 0.25) is 0 Å². The van der Waals surface area contributed by atoms with Crippen LogP contribution >= 0.6 is 0 Å². The molecule has 0 saturated carbocycles. The van der Waals surface area contributed by atoms with E-state index in [1.165, 1.54) is 39.4 Å². The summed E-state index contributed by atoms with van der Waals surface area (Å²) in [6.07, 6.45) is 7.77. The Hall–Kier alpha value is -5.02. The summed E-state index contributed by atoms with van der Waals surface area (Å²) in [5.41, 5.74) is 12.2. The van der Waals surface area contributed by atoms with Crippen molar-refractivity contribution in [3.8, 4) is 11.1 Å². The van der Waals surface area contributed by atoms with Crippen LogP contribution in [0, 0.1) is 0 Å². The highest BCUT2D eigenvalue weighted by molar-refractivity contribution is 5.86. The normalized spacial score (nSPS) is 15.3. The van der Waals surface area contributed by atoms with Crippen LogP contribution in [-0.2, 0) is 0 Å². The highest BCUT2D eigenvalue weighted by atomic mass is 15.2. The fraction of sp³-hybridized carbons (Fsp3) is 0.0811. The van der Waals surface area contributed by atoms with Crippen LogP contribution in [0.15, 0.2) is 151 Å². The van der Waals surface area contributed by atoms with Crippen LogP contribution in [0.1, 0.15) is 17.9 Å². The Balaban J connectivity index is 1.31. The minimum Gasteiger partial charge on any atom is -0.388 e. The Bertz CT molecular complexity index is 1680. The lowest BCUT2D eigenvalue weighted by atomic mass is 9.91. The first-order valence-electron chi connectivity index (χ1n) is 13.9. The molecule has 1 aliphatic carbocycles. The van der Waals surface area contributed by atoms with E-state index in [0.29, 0.717) is 5.92 Å². The monoisotopic (exact) mass is 517 g/mol. The smallest absolute Gasteiger partial charge is 0.0518 e. The van der Waals surface area contributed by atoms with Crippen LogP contribution in [0.4, 0.5) is 34.1 Å². The molecule has 0 amide bonds. The summed E-state index contributed by atoms with van der Waals surface area (Å²) in [5, 5.41) is 3.43. The second kappa shape index (κ2) is 10.3. The van der Waals surface area contributed by atoms with E-state index in [4.69, 9.17) is 0 Å². The zero-order valence-corrected chi connectivity index (χ0v) is 22.5. The van der Waals surface area contributed by atoms with Crippen LogP contribution in [0.2, 0.25) is 0 Å². The van der Waals surface area contributed by atoms with Gasteiger partial charge in [0.05, 0.1) is 5.69 Å². The lowest BCUT2D eigenvalue weighted by molar-refractivity contribution is 0.821. The second-order valence-corrected chi connectivity index (χ2v) is 10.2. The molecule has 0 fully saturated rings. The first-order chi connectivity index (χ1) is 19.8. The zero-order valence-electron chi connectivity index (χ0n) is 22.5. The van der Waals surface area contributed by atoms with Crippen molar-refractivity contribution in [3.63, 3.8) is 0 Å². The van der Waals surface area contributed by atoms with Crippen molar-refractivity contribution in [1.82, 2.24) is 0 Å². The summed E-state index contributed by atoms with van der Waals surface area (Å²) in [4.78, 5) is 4.76. The number of para-hydroxylation sites is 2. The molecule has 0 bridgehead atoms. The second-order valence-electron chi connectivity index (χ2n) is 10.2. The van der Waals surface area contributed by atoms with Gasteiger partial charge >= 0.3 is 0 Å². The number of fused-ring (bicyclic) bond motifs is 3. The molecule has 3 heteroatoms. The van der Waals surface area contributed by atoms with Gasteiger partial charge in [-0.2, -0.15) is 0 Å². The van der Waals surface area contributed by atoms with E-state index in [0.717, 1.165) is 23.5 Å². The Kier molecular flexibility index (Phi) is 6.18. The quantitative estimate of drug-likeness (QED) is 0.242. The molecule has 1 unspecified atom stereocenters. The molecule has 0 radical (unpaired) electrons. The third-order valence-electron chi connectivity index (χ3n) is 7.90. The molecule has 1 N–H and O–H groups in total. The Labute approximate surface area is 236 Å². The molecule has 0 aromatic heterocycles. The van der Waals surface area contributed by atoms with Crippen molar-refractivity contribution in [2.24, 2.45) is 0 Å². The number of anilines is 6. The van der Waals surface area contributed by atoms with Crippen molar-refractivity contribution in [3.05, 3.63) is 157 Å². The fourth-order valence-corrected chi connectivity index (χ4v) is 6.12. The maximum atomic E-state index is 3.43. The molecule has 5 aromatic carbocycles. The standard InChI is InChI=1S/C37H31N3/c1-38-34-22-12-24-36-37(34)33-21-8-9-23-35(33)40(36)32-20-11-14-28(26-32)27-13-10-19-31(25-27)39(29-15-4-2-5-16-29)30-17-6-3-7-18-30/h2-20,22-26,33,38H,21H2,1H3. The van der Waals surface area contributed by atoms with Gasteiger partial charge in [0.15, 0.2) is 0 Å². The number of nitrogens with one attached hydrogen (secondary N) is 1. The Morgan fingerprint density at radius 1 is 0.675 bits per heavy atom. The SMILES string of the molecule is CNc1cccc2c1C1CC=CC=C1N2c1cccc(-c2cccc(N(c3ccccc3)c3ccccc3)c2)c1. The molecule has 1 aliphatic heterocycles. The number of hydrogen-bond donors (Lipinski definition) is 1. The highest BCUT2D eigenvalue weighted by Gasteiger charge is 2.36. The third-order valence-corrected chi connectivity index (χ3v) is 7.90. The van der Waals surface area contributed by atoms with Crippen molar-refractivity contribution in [2.45, 2.75) is 12.3 Å². The van der Waals surface area contributed by atoms with Crippen LogP contribution in [-0.4, -0.2) is 7.05 Å². The average Bonchev–Trinajstić information content (AvgIpc) is 3.37. The summed E-state index contributed by atoms with van der Waals surface area (Å²) < 4.78 is 0. The van der Waals surface area contributed by atoms with Crippen molar-refractivity contribution >= 4 is 34.1 Å². The van der Waals surface area contributed by atoms with Gasteiger partial charge < -0.3 is 15.1 Å². The maximum absolute atomic E-state index is 3.43. The first-order valence-corrected chi connectivity index (χ1v) is 13.9. The van der Waals surface area contributed by atoms with Gasteiger partial charge in [-0.05, 0) is 84.3 Å². The molecular weight excluding hydrogens is 486 g/mol. The van der Waals surface area contributed by atoms with Crippen LogP contribution in [0.25, 0.3) is 11.1 Å². The number of allylic oxidation sites excluding steroid dienone is 4. The van der Waals surface area contributed by atoms with Gasteiger partial charge in [0.25, 0.3) is 0 Å². The first kappa shape index (κ1) is 24.1. The lowest BCUT2D eigenvalue weighted by Crippen LogP contribution is -2.14. The van der Waals surface area contributed by atoms with Crippen LogP contribution in [0.5, 0.6) is 0 Å². The molecule has 5 aromatic rings. The van der Waals surface area contributed by atoms with Crippen molar-refractivity contribution in [1.29, 1.82) is 0 Å². The Morgan fingerprint density at radius 2 is 1.32 bits per heavy atom. The zero-order chi connectivity index (χ0) is 26.9. The fourth-order valence-electron chi connectivity index (χ4n) is 6.12.